The Kier molecular flexibility index (Phi) is 6.43. The zero-order valence-corrected chi connectivity index (χ0v) is 16.7. The number of hydrogen-bond acceptors (Lipinski definition) is 9. The van der Waals surface area contributed by atoms with Gasteiger partial charge in [-0.1, -0.05) is 29.3 Å². The number of nitrogens with one attached hydrogen (secondary N) is 3. The first-order valence-electron chi connectivity index (χ1n) is 8.28. The van der Waals surface area contributed by atoms with E-state index in [4.69, 9.17) is 23.2 Å². The molecule has 0 aliphatic carbocycles. The van der Waals surface area contributed by atoms with E-state index < -0.39 is 21.4 Å². The molecule has 3 N–H and O–H groups in total. The molecule has 0 unspecified atom stereocenters. The topological polar surface area (TPSA) is 165 Å². The molecule has 0 aliphatic heterocycles. The minimum atomic E-state index is -0.768. The van der Waals surface area contributed by atoms with Crippen molar-refractivity contribution in [3.05, 3.63) is 84.6 Å². The average Bonchev–Trinajstić information content (AvgIpc) is 2.74. The molecule has 31 heavy (non-hydrogen) atoms. The fraction of sp³-hybridized carbons (Fsp3) is 0. The van der Waals surface area contributed by atoms with Crippen molar-refractivity contribution in [1.82, 2.24) is 15.4 Å². The number of hydrazine groups is 1. The number of hydrogen-bond donors (Lipinski definition) is 3. The predicted molar refractivity (Wildman–Crippen MR) is 113 cm³/mol. The Bertz CT molecular complexity index is 1190. The van der Waals surface area contributed by atoms with Crippen LogP contribution >= 0.6 is 23.2 Å². The van der Waals surface area contributed by atoms with Crippen LogP contribution < -0.4 is 16.2 Å². The summed E-state index contributed by atoms with van der Waals surface area (Å²) in [6.07, 6.45) is 1.04. The molecular weight excluding hydrogens is 453 g/mol. The molecule has 3 aromatic rings. The Labute approximate surface area is 183 Å². The van der Waals surface area contributed by atoms with Gasteiger partial charge in [0.2, 0.25) is 11.6 Å². The summed E-state index contributed by atoms with van der Waals surface area (Å²) in [5.41, 5.74) is 4.05. The molecule has 158 valence electrons. The van der Waals surface area contributed by atoms with Crippen LogP contribution in [0.4, 0.5) is 28.7 Å². The molecule has 2 aromatic carbocycles. The fourth-order valence-corrected chi connectivity index (χ4v) is 2.69. The Morgan fingerprint density at radius 1 is 0.935 bits per heavy atom. The summed E-state index contributed by atoms with van der Waals surface area (Å²) in [5.74, 6) is -1.26. The van der Waals surface area contributed by atoms with Crippen LogP contribution in [-0.4, -0.2) is 25.7 Å². The van der Waals surface area contributed by atoms with Gasteiger partial charge in [0.1, 0.15) is 6.33 Å². The normalized spacial score (nSPS) is 10.3. The van der Waals surface area contributed by atoms with Crippen molar-refractivity contribution >= 4 is 57.8 Å². The minimum absolute atomic E-state index is 0.0347. The van der Waals surface area contributed by atoms with Crippen molar-refractivity contribution < 1.29 is 14.6 Å². The van der Waals surface area contributed by atoms with Gasteiger partial charge in [0.25, 0.3) is 11.6 Å². The molecule has 0 saturated carbocycles. The number of amides is 1. The maximum absolute atomic E-state index is 12.3. The van der Waals surface area contributed by atoms with Gasteiger partial charge in [-0.05, 0) is 24.3 Å². The molecule has 1 aromatic heterocycles. The summed E-state index contributed by atoms with van der Waals surface area (Å²) in [5, 5.41) is 25.7. The van der Waals surface area contributed by atoms with Gasteiger partial charge in [0, 0.05) is 23.4 Å². The van der Waals surface area contributed by atoms with Crippen LogP contribution in [0.5, 0.6) is 0 Å². The van der Waals surface area contributed by atoms with Crippen molar-refractivity contribution in [2.45, 2.75) is 0 Å². The van der Waals surface area contributed by atoms with Crippen molar-refractivity contribution in [3.8, 4) is 0 Å². The lowest BCUT2D eigenvalue weighted by atomic mass is 10.2. The molecule has 3 rings (SSSR count). The van der Waals surface area contributed by atoms with Gasteiger partial charge in [-0.25, -0.2) is 9.97 Å². The van der Waals surface area contributed by atoms with Crippen molar-refractivity contribution in [3.63, 3.8) is 0 Å². The summed E-state index contributed by atoms with van der Waals surface area (Å²) < 4.78 is 0. The predicted octanol–water partition coefficient (Wildman–Crippen LogP) is 4.10. The maximum atomic E-state index is 12.3. The standard InChI is InChI=1S/C17H11Cl2N7O5/c18-12-5-4-10(7-13(12)19)22-15-14(26(30)31)16(21-8-20-15)23-24-17(27)9-2-1-3-11(6-9)25(28)29/h1-8H,(H,24,27)(H2,20,21,22,23). The number of non-ortho nitro benzene ring substituents is 1. The quantitative estimate of drug-likeness (QED) is 0.345. The van der Waals surface area contributed by atoms with Gasteiger partial charge in [-0.15, -0.1) is 0 Å². The molecule has 0 spiro atoms. The van der Waals surface area contributed by atoms with E-state index in [0.717, 1.165) is 12.4 Å². The second-order valence-electron chi connectivity index (χ2n) is 5.82. The lowest BCUT2D eigenvalue weighted by molar-refractivity contribution is -0.384. The number of carbonyl (C=O) groups is 1. The Hall–Kier alpha value is -4.03. The minimum Gasteiger partial charge on any atom is -0.334 e. The van der Waals surface area contributed by atoms with Crippen LogP contribution in [0.15, 0.2) is 48.8 Å². The highest BCUT2D eigenvalue weighted by Gasteiger charge is 2.24. The number of benzene rings is 2. The number of halogens is 2. The van der Waals surface area contributed by atoms with Crippen LogP contribution in [0.3, 0.4) is 0 Å². The fourth-order valence-electron chi connectivity index (χ4n) is 2.39. The van der Waals surface area contributed by atoms with Gasteiger partial charge in [-0.2, -0.15) is 0 Å². The van der Waals surface area contributed by atoms with E-state index in [1.165, 1.54) is 36.4 Å². The molecule has 0 aliphatic rings. The third-order valence-electron chi connectivity index (χ3n) is 3.80. The Morgan fingerprint density at radius 2 is 1.68 bits per heavy atom. The van der Waals surface area contributed by atoms with Crippen LogP contribution in [0.2, 0.25) is 10.0 Å². The molecule has 0 fully saturated rings. The molecular formula is C17H11Cl2N7O5. The van der Waals surface area contributed by atoms with E-state index in [1.54, 1.807) is 0 Å². The summed E-state index contributed by atoms with van der Waals surface area (Å²) in [6.45, 7) is 0. The lowest BCUT2D eigenvalue weighted by Gasteiger charge is -2.11. The zero-order valence-electron chi connectivity index (χ0n) is 15.2. The molecule has 12 nitrogen and oxygen atoms in total. The monoisotopic (exact) mass is 463 g/mol. The SMILES string of the molecule is O=C(NNc1ncnc(Nc2ccc(Cl)c(Cl)c2)c1[N+](=O)[O-])c1cccc([N+](=O)[O-])c1. The largest absolute Gasteiger partial charge is 0.355 e. The number of aromatic nitrogens is 2. The molecule has 14 heteroatoms. The van der Waals surface area contributed by atoms with Gasteiger partial charge < -0.3 is 5.32 Å². The Balaban J connectivity index is 1.83. The van der Waals surface area contributed by atoms with E-state index in [9.17, 15) is 25.0 Å². The molecule has 1 heterocycles. The van der Waals surface area contributed by atoms with Crippen LogP contribution in [0.25, 0.3) is 0 Å². The van der Waals surface area contributed by atoms with Crippen LogP contribution in [0, 0.1) is 20.2 Å². The first-order chi connectivity index (χ1) is 14.8. The van der Waals surface area contributed by atoms with Gasteiger partial charge in [0.05, 0.1) is 19.9 Å². The van der Waals surface area contributed by atoms with Crippen LogP contribution in [-0.2, 0) is 0 Å². The zero-order chi connectivity index (χ0) is 22.5. The number of nitro groups is 2. The van der Waals surface area contributed by atoms with Gasteiger partial charge in [-0.3, -0.25) is 35.9 Å². The first kappa shape index (κ1) is 21.7. The van der Waals surface area contributed by atoms with E-state index in [1.807, 2.05) is 0 Å². The molecule has 0 atom stereocenters. The maximum Gasteiger partial charge on any atom is 0.355 e. The number of anilines is 3. The van der Waals surface area contributed by atoms with E-state index in [2.05, 4.69) is 26.1 Å². The third-order valence-corrected chi connectivity index (χ3v) is 4.54. The summed E-state index contributed by atoms with van der Waals surface area (Å²) in [6, 6.07) is 9.44. The van der Waals surface area contributed by atoms with Gasteiger partial charge >= 0.3 is 5.69 Å². The van der Waals surface area contributed by atoms with E-state index in [0.29, 0.717) is 10.7 Å². The molecule has 0 radical (unpaired) electrons. The number of carbonyl (C=O) groups excluding carboxylic acids is 1. The third kappa shape index (κ3) is 5.12. The van der Waals surface area contributed by atoms with E-state index in [-0.39, 0.29) is 27.9 Å². The van der Waals surface area contributed by atoms with Crippen molar-refractivity contribution in [2.24, 2.45) is 0 Å². The summed E-state index contributed by atoms with van der Waals surface area (Å²) in [7, 11) is 0. The Morgan fingerprint density at radius 3 is 2.35 bits per heavy atom. The van der Waals surface area contributed by atoms with Crippen molar-refractivity contribution in [1.29, 1.82) is 0 Å². The molecule has 1 amide bonds. The van der Waals surface area contributed by atoms with E-state index >= 15 is 0 Å². The van der Waals surface area contributed by atoms with Gasteiger partial charge in [0.15, 0.2) is 0 Å². The highest BCUT2D eigenvalue weighted by atomic mass is 35.5. The number of nitro benzene ring substituents is 1. The molecule has 0 saturated heterocycles. The second kappa shape index (κ2) is 9.19. The molecule has 0 bridgehead atoms. The summed E-state index contributed by atoms with van der Waals surface area (Å²) in [4.78, 5) is 40.9. The van der Waals surface area contributed by atoms with Crippen molar-refractivity contribution in [2.75, 3.05) is 10.7 Å². The number of rotatable bonds is 7. The number of nitrogens with zero attached hydrogens (tertiary/aromatic N) is 4. The average molecular weight is 464 g/mol. The smallest absolute Gasteiger partial charge is 0.334 e. The first-order valence-corrected chi connectivity index (χ1v) is 9.04. The lowest BCUT2D eigenvalue weighted by Crippen LogP contribution is -2.30. The highest BCUT2D eigenvalue weighted by molar-refractivity contribution is 6.42. The summed E-state index contributed by atoms with van der Waals surface area (Å²) >= 11 is 11.8. The van der Waals surface area contributed by atoms with Crippen LogP contribution in [0.1, 0.15) is 10.4 Å². The second-order valence-corrected chi connectivity index (χ2v) is 6.63. The highest BCUT2D eigenvalue weighted by Crippen LogP contribution is 2.32.